The normalized spacial score (nSPS) is 12.1. The van der Waals surface area contributed by atoms with E-state index in [0.717, 1.165) is 7.11 Å². The number of aromatic amines is 1. The van der Waals surface area contributed by atoms with Gasteiger partial charge in [0.1, 0.15) is 0 Å². The first-order valence-electron chi connectivity index (χ1n) is 5.10. The van der Waals surface area contributed by atoms with E-state index in [-0.39, 0.29) is 0 Å². The second-order valence-corrected chi connectivity index (χ2v) is 3.65. The number of carbonyl (C=O) groups is 1. The molecule has 0 atom stereocenters. The third kappa shape index (κ3) is 4.39. The number of halogens is 6. The molecule has 0 bridgehead atoms. The molecule has 0 saturated heterocycles. The molecule has 0 radical (unpaired) electrons. The van der Waals surface area contributed by atoms with Gasteiger partial charge in [0, 0.05) is 11.8 Å². The summed E-state index contributed by atoms with van der Waals surface area (Å²) in [6.45, 7) is 0. The highest BCUT2D eigenvalue weighted by Crippen LogP contribution is 2.38. The first-order chi connectivity index (χ1) is 9.45. The van der Waals surface area contributed by atoms with Crippen LogP contribution >= 0.6 is 0 Å². The van der Waals surface area contributed by atoms with E-state index in [0.29, 0.717) is 6.20 Å². The van der Waals surface area contributed by atoms with E-state index in [1.165, 1.54) is 0 Å². The van der Waals surface area contributed by atoms with E-state index in [1.54, 1.807) is 4.98 Å². The number of ether oxygens (including phenoxy) is 2. The maximum atomic E-state index is 12.7. The fourth-order valence-electron chi connectivity index (χ4n) is 1.40. The van der Waals surface area contributed by atoms with E-state index in [4.69, 9.17) is 0 Å². The summed E-state index contributed by atoms with van der Waals surface area (Å²) in [6.07, 6.45) is -11.3. The van der Waals surface area contributed by atoms with Crippen LogP contribution in [0.1, 0.15) is 11.1 Å². The zero-order valence-electron chi connectivity index (χ0n) is 10.2. The molecule has 0 aliphatic rings. The molecule has 1 aromatic rings. The molecule has 11 heteroatoms. The summed E-state index contributed by atoms with van der Waals surface area (Å²) in [5.74, 6) is -2.88. The largest absolute Gasteiger partial charge is 0.573 e. The van der Waals surface area contributed by atoms with Gasteiger partial charge < -0.3 is 14.5 Å². The zero-order valence-corrected chi connectivity index (χ0v) is 10.2. The van der Waals surface area contributed by atoms with Crippen LogP contribution in [0.4, 0.5) is 26.3 Å². The number of pyridine rings is 1. The zero-order chi connectivity index (χ0) is 16.4. The minimum atomic E-state index is -5.47. The van der Waals surface area contributed by atoms with Gasteiger partial charge in [-0.1, -0.05) is 0 Å². The van der Waals surface area contributed by atoms with Gasteiger partial charge in [0.2, 0.25) is 0 Å². The molecule has 0 unspecified atom stereocenters. The van der Waals surface area contributed by atoms with Crippen molar-refractivity contribution in [3.63, 3.8) is 0 Å². The molecule has 1 aromatic heterocycles. The molecular weight excluding hydrogens is 312 g/mol. The Morgan fingerprint density at radius 1 is 1.24 bits per heavy atom. The third-order valence-electron chi connectivity index (χ3n) is 2.19. The second-order valence-electron chi connectivity index (χ2n) is 3.65. The highest BCUT2D eigenvalue weighted by Gasteiger charge is 2.43. The molecule has 5 nitrogen and oxygen atoms in total. The number of aromatic nitrogens is 1. The van der Waals surface area contributed by atoms with Crippen molar-refractivity contribution in [2.24, 2.45) is 0 Å². The molecule has 118 valence electrons. The van der Waals surface area contributed by atoms with Crippen molar-refractivity contribution in [2.75, 3.05) is 7.11 Å². The Balaban J connectivity index is 3.51. The van der Waals surface area contributed by atoms with Crippen molar-refractivity contribution >= 4 is 5.97 Å². The fourth-order valence-corrected chi connectivity index (χ4v) is 1.40. The molecule has 0 fully saturated rings. The van der Waals surface area contributed by atoms with Crippen LogP contribution in [0.5, 0.6) is 5.75 Å². The van der Waals surface area contributed by atoms with E-state index >= 15 is 0 Å². The Morgan fingerprint density at radius 2 is 1.81 bits per heavy atom. The number of nitrogens with one attached hydrogen (secondary N) is 1. The Labute approximate surface area is 112 Å². The molecule has 1 rings (SSSR count). The van der Waals surface area contributed by atoms with Gasteiger partial charge in [0.15, 0.2) is 11.3 Å². The van der Waals surface area contributed by atoms with Gasteiger partial charge in [0.25, 0.3) is 5.56 Å². The quantitative estimate of drug-likeness (QED) is 0.683. The Bertz CT molecular complexity index is 589. The van der Waals surface area contributed by atoms with Crippen LogP contribution in [0, 0.1) is 0 Å². The maximum absolute atomic E-state index is 12.7. The van der Waals surface area contributed by atoms with Crippen LogP contribution in [0.2, 0.25) is 0 Å². The van der Waals surface area contributed by atoms with Gasteiger partial charge in [-0.3, -0.25) is 9.59 Å². The summed E-state index contributed by atoms with van der Waals surface area (Å²) in [5, 5.41) is 0. The average molecular weight is 319 g/mol. The number of methoxy groups -OCH3 is 1. The third-order valence-corrected chi connectivity index (χ3v) is 2.19. The summed E-state index contributed by atoms with van der Waals surface area (Å²) in [6, 6.07) is 0. The predicted molar refractivity (Wildman–Crippen MR) is 54.5 cm³/mol. The molecule has 0 aliphatic carbocycles. The van der Waals surface area contributed by atoms with Crippen LogP contribution in [-0.2, 0) is 22.1 Å². The minimum Gasteiger partial charge on any atom is -0.469 e. The Kier molecular flexibility index (Phi) is 4.54. The molecule has 21 heavy (non-hydrogen) atoms. The van der Waals surface area contributed by atoms with Crippen LogP contribution < -0.4 is 10.3 Å². The van der Waals surface area contributed by atoms with Crippen molar-refractivity contribution < 1.29 is 40.6 Å². The number of alkyl halides is 6. The van der Waals surface area contributed by atoms with Crippen molar-refractivity contribution in [3.05, 3.63) is 27.7 Å². The molecular formula is C10H7F6NO4. The number of esters is 1. The lowest BCUT2D eigenvalue weighted by atomic mass is 10.1. The van der Waals surface area contributed by atoms with Gasteiger partial charge in [-0.25, -0.2) is 0 Å². The van der Waals surface area contributed by atoms with Crippen LogP contribution in [0.3, 0.4) is 0 Å². The average Bonchev–Trinajstić information content (AvgIpc) is 2.28. The maximum Gasteiger partial charge on any atom is 0.573 e. The molecule has 1 heterocycles. The lowest BCUT2D eigenvalue weighted by molar-refractivity contribution is -0.276. The Hall–Kier alpha value is -2.20. The van der Waals surface area contributed by atoms with Crippen LogP contribution in [0.15, 0.2) is 11.0 Å². The molecule has 0 amide bonds. The fraction of sp³-hybridized carbons (Fsp3) is 0.400. The van der Waals surface area contributed by atoms with Crippen molar-refractivity contribution in [3.8, 4) is 5.75 Å². The van der Waals surface area contributed by atoms with Crippen LogP contribution in [0.25, 0.3) is 0 Å². The number of carbonyl (C=O) groups excluding carboxylic acids is 1. The monoisotopic (exact) mass is 319 g/mol. The number of hydrogen-bond acceptors (Lipinski definition) is 4. The summed E-state index contributed by atoms with van der Waals surface area (Å²) < 4.78 is 82.2. The minimum absolute atomic E-state index is 0.523. The summed E-state index contributed by atoms with van der Waals surface area (Å²) in [5.41, 5.74) is -4.82. The summed E-state index contributed by atoms with van der Waals surface area (Å²) >= 11 is 0. The topological polar surface area (TPSA) is 68.4 Å². The lowest BCUT2D eigenvalue weighted by Gasteiger charge is -2.17. The van der Waals surface area contributed by atoms with Gasteiger partial charge in [-0.2, -0.15) is 13.2 Å². The molecule has 0 saturated carbocycles. The lowest BCUT2D eigenvalue weighted by Crippen LogP contribution is -2.28. The van der Waals surface area contributed by atoms with Crippen molar-refractivity contribution in [1.29, 1.82) is 0 Å². The summed E-state index contributed by atoms with van der Waals surface area (Å²) in [7, 11) is 0.892. The first kappa shape index (κ1) is 16.9. The SMILES string of the molecule is COC(=O)Cc1c[nH]c(=O)c(C(F)(F)F)c1OC(F)(F)F. The molecule has 0 spiro atoms. The second kappa shape index (κ2) is 5.66. The van der Waals surface area contributed by atoms with E-state index in [1.807, 2.05) is 0 Å². The highest BCUT2D eigenvalue weighted by atomic mass is 19.4. The first-order valence-corrected chi connectivity index (χ1v) is 5.10. The van der Waals surface area contributed by atoms with Crippen LogP contribution in [-0.4, -0.2) is 24.4 Å². The number of hydrogen-bond donors (Lipinski definition) is 1. The van der Waals surface area contributed by atoms with E-state index in [2.05, 4.69) is 9.47 Å². The summed E-state index contributed by atoms with van der Waals surface area (Å²) in [4.78, 5) is 23.8. The van der Waals surface area contributed by atoms with Gasteiger partial charge in [0.05, 0.1) is 13.5 Å². The standard InChI is InChI=1S/C10H7F6NO4/c1-20-5(18)2-4-3-17-8(19)6(9(11,12)13)7(4)21-10(14,15)16/h3H,2H2,1H3,(H,17,19). The van der Waals surface area contributed by atoms with Gasteiger partial charge in [-0.05, 0) is 0 Å². The van der Waals surface area contributed by atoms with Gasteiger partial charge in [-0.15, -0.1) is 13.2 Å². The Morgan fingerprint density at radius 3 is 2.24 bits per heavy atom. The van der Waals surface area contributed by atoms with Crippen molar-refractivity contribution in [1.82, 2.24) is 4.98 Å². The van der Waals surface area contributed by atoms with E-state index < -0.39 is 47.4 Å². The van der Waals surface area contributed by atoms with E-state index in [9.17, 15) is 35.9 Å². The number of H-pyrrole nitrogens is 1. The highest BCUT2D eigenvalue weighted by molar-refractivity contribution is 5.73. The predicted octanol–water partition coefficient (Wildman–Crippen LogP) is 2.01. The van der Waals surface area contributed by atoms with Crippen molar-refractivity contribution in [2.45, 2.75) is 19.0 Å². The molecule has 0 aromatic carbocycles. The molecule has 0 aliphatic heterocycles. The number of rotatable bonds is 3. The smallest absolute Gasteiger partial charge is 0.469 e. The molecule has 1 N–H and O–H groups in total. The van der Waals surface area contributed by atoms with Gasteiger partial charge >= 0.3 is 18.5 Å².